The molecule has 0 aliphatic heterocycles. The van der Waals surface area contributed by atoms with Gasteiger partial charge in [0, 0.05) is 25.9 Å². The highest BCUT2D eigenvalue weighted by Crippen LogP contribution is 2.45. The molecule has 1 aliphatic carbocycles. The molecule has 130 valence electrons. The molecule has 22 heavy (non-hydrogen) atoms. The quantitative estimate of drug-likeness (QED) is 0.568. The van der Waals surface area contributed by atoms with Crippen molar-refractivity contribution in [2.24, 2.45) is 5.92 Å². The molecule has 0 bridgehead atoms. The van der Waals surface area contributed by atoms with E-state index in [1.165, 1.54) is 6.92 Å². The predicted molar refractivity (Wildman–Crippen MR) is 91.3 cm³/mol. The summed E-state index contributed by atoms with van der Waals surface area (Å²) in [6.45, 7) is 15.1. The van der Waals surface area contributed by atoms with E-state index >= 15 is 0 Å². The van der Waals surface area contributed by atoms with Crippen molar-refractivity contribution >= 4 is 14.3 Å². The first-order valence-electron chi connectivity index (χ1n) is 8.60. The summed E-state index contributed by atoms with van der Waals surface area (Å²) in [5.74, 6) is -0.171. The fraction of sp³-hybridized carbons (Fsp3) is 0.941. The molecule has 4 nitrogen and oxygen atoms in total. The summed E-state index contributed by atoms with van der Waals surface area (Å²) < 4.78 is 12.1. The van der Waals surface area contributed by atoms with Crippen molar-refractivity contribution in [1.82, 2.24) is 0 Å². The Morgan fingerprint density at radius 2 is 1.59 bits per heavy atom. The van der Waals surface area contributed by atoms with Gasteiger partial charge >= 0.3 is 5.97 Å². The fourth-order valence-electron chi connectivity index (χ4n) is 4.38. The van der Waals surface area contributed by atoms with Crippen molar-refractivity contribution in [3.63, 3.8) is 0 Å². The lowest BCUT2D eigenvalue weighted by molar-refractivity contribution is -0.146. The van der Waals surface area contributed by atoms with Crippen molar-refractivity contribution in [1.29, 1.82) is 0 Å². The maximum Gasteiger partial charge on any atom is 0.302 e. The van der Waals surface area contributed by atoms with Gasteiger partial charge in [0.1, 0.15) is 6.10 Å². The lowest BCUT2D eigenvalue weighted by atomic mass is 10.1. The van der Waals surface area contributed by atoms with Crippen LogP contribution < -0.4 is 0 Å². The number of carbonyl (C=O) groups excluding carboxylic acids is 1. The lowest BCUT2D eigenvalue weighted by Gasteiger charge is -2.45. The van der Waals surface area contributed by atoms with Crippen LogP contribution in [0.4, 0.5) is 0 Å². The minimum absolute atomic E-state index is 0.00761. The zero-order valence-corrected chi connectivity index (χ0v) is 16.3. The number of carbonyl (C=O) groups is 1. The van der Waals surface area contributed by atoms with Crippen LogP contribution in [0.1, 0.15) is 61.3 Å². The van der Waals surface area contributed by atoms with Gasteiger partial charge in [0.2, 0.25) is 8.32 Å². The number of aliphatic hydroxyl groups excluding tert-OH is 1. The molecule has 0 radical (unpaired) electrons. The largest absolute Gasteiger partial charge is 0.462 e. The molecule has 0 amide bonds. The monoisotopic (exact) mass is 330 g/mol. The van der Waals surface area contributed by atoms with E-state index in [0.717, 1.165) is 0 Å². The maximum absolute atomic E-state index is 11.2. The van der Waals surface area contributed by atoms with Crippen LogP contribution in [0.25, 0.3) is 0 Å². The summed E-state index contributed by atoms with van der Waals surface area (Å²) >= 11 is 0. The van der Waals surface area contributed by atoms with Crippen LogP contribution in [-0.2, 0) is 14.0 Å². The molecule has 0 unspecified atom stereocenters. The van der Waals surface area contributed by atoms with E-state index in [1.807, 2.05) is 0 Å². The Kier molecular flexibility index (Phi) is 7.08. The molecule has 0 heterocycles. The fourth-order valence-corrected chi connectivity index (χ4v) is 10.0. The van der Waals surface area contributed by atoms with Crippen LogP contribution in [0.15, 0.2) is 0 Å². The molecule has 1 saturated carbocycles. The Balaban J connectivity index is 2.94. The zero-order chi connectivity index (χ0) is 17.1. The SMILES string of the molecule is CC(=O)O[C@@H]1C[C@H](CO)[C@@H](O[Si](C(C)C)(C(C)C)C(C)C)C1. The number of hydrogen-bond acceptors (Lipinski definition) is 4. The van der Waals surface area contributed by atoms with Crippen LogP contribution in [0.5, 0.6) is 0 Å². The maximum atomic E-state index is 11.2. The number of aliphatic hydroxyl groups is 1. The van der Waals surface area contributed by atoms with Crippen LogP contribution in [0.3, 0.4) is 0 Å². The lowest BCUT2D eigenvalue weighted by Crippen LogP contribution is -2.51. The average Bonchev–Trinajstić information content (AvgIpc) is 2.75. The molecule has 5 heteroatoms. The predicted octanol–water partition coefficient (Wildman–Crippen LogP) is 3.88. The number of hydrogen-bond donors (Lipinski definition) is 1. The summed E-state index contributed by atoms with van der Waals surface area (Å²) in [7, 11) is -1.97. The van der Waals surface area contributed by atoms with Gasteiger partial charge in [0.25, 0.3) is 0 Å². The number of esters is 1. The van der Waals surface area contributed by atoms with Gasteiger partial charge in [0.05, 0.1) is 6.10 Å². The van der Waals surface area contributed by atoms with Crippen molar-refractivity contribution in [3.8, 4) is 0 Å². The highest BCUT2D eigenvalue weighted by molar-refractivity contribution is 6.77. The third-order valence-electron chi connectivity index (χ3n) is 5.22. The molecule has 1 aliphatic rings. The Morgan fingerprint density at radius 1 is 1.09 bits per heavy atom. The summed E-state index contributed by atoms with van der Waals surface area (Å²) in [5.41, 5.74) is 1.54. The van der Waals surface area contributed by atoms with Crippen LogP contribution in [0.2, 0.25) is 16.6 Å². The first kappa shape index (κ1) is 19.7. The highest BCUT2D eigenvalue weighted by Gasteiger charge is 2.49. The van der Waals surface area contributed by atoms with Crippen molar-refractivity contribution < 1.29 is 19.1 Å². The normalized spacial score (nSPS) is 26.2. The van der Waals surface area contributed by atoms with Gasteiger partial charge in [0.15, 0.2) is 0 Å². The third kappa shape index (κ3) is 4.12. The molecule has 0 aromatic carbocycles. The van der Waals surface area contributed by atoms with E-state index in [4.69, 9.17) is 9.16 Å². The second kappa shape index (κ2) is 7.93. The summed E-state index contributed by atoms with van der Waals surface area (Å²) in [6, 6.07) is 0. The van der Waals surface area contributed by atoms with E-state index < -0.39 is 8.32 Å². The Morgan fingerprint density at radius 3 is 1.95 bits per heavy atom. The summed E-state index contributed by atoms with van der Waals surface area (Å²) in [5, 5.41) is 9.70. The first-order chi connectivity index (χ1) is 10.1. The van der Waals surface area contributed by atoms with Gasteiger partial charge < -0.3 is 14.3 Å². The molecule has 1 rings (SSSR count). The van der Waals surface area contributed by atoms with E-state index in [9.17, 15) is 9.90 Å². The molecule has 0 aromatic heterocycles. The van der Waals surface area contributed by atoms with E-state index in [-0.39, 0.29) is 30.7 Å². The standard InChI is InChI=1S/C17H34O4Si/c1-11(2)22(12(3)4,13(5)6)21-17-9-16(20-14(7)19)8-15(17)10-18/h11-13,15-18H,8-10H2,1-7H3/t15-,16-,17+/m1/s1. The minimum Gasteiger partial charge on any atom is -0.462 e. The van der Waals surface area contributed by atoms with E-state index in [1.54, 1.807) is 0 Å². The van der Waals surface area contributed by atoms with Crippen LogP contribution >= 0.6 is 0 Å². The molecule has 0 saturated heterocycles. The number of ether oxygens (including phenoxy) is 1. The molecule has 0 spiro atoms. The smallest absolute Gasteiger partial charge is 0.302 e. The molecule has 1 fully saturated rings. The topological polar surface area (TPSA) is 55.8 Å². The van der Waals surface area contributed by atoms with E-state index in [0.29, 0.717) is 29.5 Å². The van der Waals surface area contributed by atoms with E-state index in [2.05, 4.69) is 41.5 Å². The Labute approximate surface area is 136 Å². The van der Waals surface area contributed by atoms with Crippen LogP contribution in [0, 0.1) is 5.92 Å². The van der Waals surface area contributed by atoms with Gasteiger partial charge in [-0.15, -0.1) is 0 Å². The van der Waals surface area contributed by atoms with Crippen molar-refractivity contribution in [2.75, 3.05) is 6.61 Å². The van der Waals surface area contributed by atoms with Crippen LogP contribution in [-0.4, -0.2) is 38.2 Å². The van der Waals surface area contributed by atoms with Gasteiger partial charge in [-0.1, -0.05) is 41.5 Å². The van der Waals surface area contributed by atoms with Gasteiger partial charge in [-0.25, -0.2) is 0 Å². The second-order valence-corrected chi connectivity index (χ2v) is 13.0. The second-order valence-electron chi connectivity index (χ2n) is 7.62. The van der Waals surface area contributed by atoms with Gasteiger partial charge in [-0.2, -0.15) is 0 Å². The highest BCUT2D eigenvalue weighted by atomic mass is 28.4. The molecule has 3 atom stereocenters. The molecular weight excluding hydrogens is 296 g/mol. The molecular formula is C17H34O4Si. The zero-order valence-electron chi connectivity index (χ0n) is 15.3. The summed E-state index contributed by atoms with van der Waals surface area (Å²) in [4.78, 5) is 11.2. The Bertz CT molecular complexity index is 346. The van der Waals surface area contributed by atoms with Crippen molar-refractivity contribution in [3.05, 3.63) is 0 Å². The molecule has 0 aromatic rings. The van der Waals surface area contributed by atoms with Gasteiger partial charge in [-0.05, 0) is 23.0 Å². The average molecular weight is 331 g/mol. The number of rotatable bonds is 7. The van der Waals surface area contributed by atoms with Crippen molar-refractivity contribution in [2.45, 2.75) is 90.1 Å². The minimum atomic E-state index is -1.97. The third-order valence-corrected chi connectivity index (χ3v) is 11.3. The molecule has 1 N–H and O–H groups in total. The Hall–Kier alpha value is -0.393. The van der Waals surface area contributed by atoms with Gasteiger partial charge in [-0.3, -0.25) is 4.79 Å². The summed E-state index contributed by atoms with van der Waals surface area (Å²) in [6.07, 6.45) is 1.32. The first-order valence-corrected chi connectivity index (χ1v) is 10.7.